The highest BCUT2D eigenvalue weighted by Crippen LogP contribution is 2.17. The van der Waals surface area contributed by atoms with Gasteiger partial charge in [-0.05, 0) is 12.1 Å². The minimum Gasteiger partial charge on any atom is -0.399 e. The molecule has 1 aromatic carbocycles. The van der Waals surface area contributed by atoms with Gasteiger partial charge in [-0.1, -0.05) is 21.1 Å². The first kappa shape index (κ1) is 10.1. The van der Waals surface area contributed by atoms with Gasteiger partial charge in [-0.25, -0.2) is 8.78 Å². The lowest BCUT2D eigenvalue weighted by atomic mass is 10.2. The highest BCUT2D eigenvalue weighted by molar-refractivity contribution is 9.10. The van der Waals surface area contributed by atoms with Gasteiger partial charge >= 0.3 is 0 Å². The first-order valence-electron chi connectivity index (χ1n) is 3.36. The highest BCUT2D eigenvalue weighted by atomic mass is 79.9. The third kappa shape index (κ3) is 2.48. The first-order valence-corrected chi connectivity index (χ1v) is 4.15. The molecule has 0 unspecified atom stereocenters. The summed E-state index contributed by atoms with van der Waals surface area (Å²) >= 11 is 3.03. The van der Waals surface area contributed by atoms with Crippen LogP contribution in [0.1, 0.15) is 5.56 Å². The largest absolute Gasteiger partial charge is 0.399 e. The van der Waals surface area contributed by atoms with E-state index in [4.69, 9.17) is 0 Å². The Labute approximate surface area is 82.3 Å². The number of oxime groups is 1. The van der Waals surface area contributed by atoms with E-state index in [-0.39, 0.29) is 5.56 Å². The third-order valence-corrected chi connectivity index (χ3v) is 1.78. The topological polar surface area (TPSA) is 21.6 Å². The molecule has 0 fully saturated rings. The molecule has 0 saturated carbocycles. The standard InChI is InChI=1S/C8H6BrF2NO/c1-13-12-4-5-2-6(9)3-7(10)8(5)11/h2-4H,1H3/b12-4-. The maximum atomic E-state index is 13.0. The van der Waals surface area contributed by atoms with Crippen molar-refractivity contribution in [2.75, 3.05) is 7.11 Å². The van der Waals surface area contributed by atoms with E-state index >= 15 is 0 Å². The van der Waals surface area contributed by atoms with Crippen molar-refractivity contribution in [3.8, 4) is 0 Å². The summed E-state index contributed by atoms with van der Waals surface area (Å²) in [6.45, 7) is 0. The first-order chi connectivity index (χ1) is 6.15. The number of halogens is 3. The van der Waals surface area contributed by atoms with Crippen LogP contribution in [0.15, 0.2) is 21.8 Å². The predicted molar refractivity (Wildman–Crippen MR) is 48.7 cm³/mol. The third-order valence-electron chi connectivity index (χ3n) is 1.32. The summed E-state index contributed by atoms with van der Waals surface area (Å²) in [5.41, 5.74) is 0.0359. The summed E-state index contributed by atoms with van der Waals surface area (Å²) < 4.78 is 26.2. The Balaban J connectivity index is 3.12. The number of hydrogen-bond donors (Lipinski definition) is 0. The van der Waals surface area contributed by atoms with Gasteiger partial charge in [0.2, 0.25) is 0 Å². The molecule has 1 aromatic rings. The van der Waals surface area contributed by atoms with Gasteiger partial charge in [-0.3, -0.25) is 0 Å². The maximum absolute atomic E-state index is 13.0. The van der Waals surface area contributed by atoms with Crippen molar-refractivity contribution < 1.29 is 13.6 Å². The maximum Gasteiger partial charge on any atom is 0.167 e. The van der Waals surface area contributed by atoms with Gasteiger partial charge < -0.3 is 4.84 Å². The number of benzene rings is 1. The molecular formula is C8H6BrF2NO. The summed E-state index contributed by atoms with van der Waals surface area (Å²) in [6.07, 6.45) is 1.10. The molecule has 0 amide bonds. The van der Waals surface area contributed by atoms with E-state index < -0.39 is 11.6 Å². The Kier molecular flexibility index (Phi) is 3.36. The fourth-order valence-electron chi connectivity index (χ4n) is 0.779. The molecule has 0 aliphatic carbocycles. The van der Waals surface area contributed by atoms with Crippen LogP contribution in [0.4, 0.5) is 8.78 Å². The van der Waals surface area contributed by atoms with Crippen LogP contribution in [0.3, 0.4) is 0 Å². The smallest absolute Gasteiger partial charge is 0.167 e. The van der Waals surface area contributed by atoms with E-state index in [1.54, 1.807) is 0 Å². The van der Waals surface area contributed by atoms with E-state index in [1.807, 2.05) is 0 Å². The van der Waals surface area contributed by atoms with E-state index in [2.05, 4.69) is 25.9 Å². The molecule has 13 heavy (non-hydrogen) atoms. The lowest BCUT2D eigenvalue weighted by Gasteiger charge is -1.98. The number of nitrogens with zero attached hydrogens (tertiary/aromatic N) is 1. The minimum atomic E-state index is -0.941. The molecule has 2 nitrogen and oxygen atoms in total. The van der Waals surface area contributed by atoms with Crippen molar-refractivity contribution in [2.24, 2.45) is 5.16 Å². The lowest BCUT2D eigenvalue weighted by molar-refractivity contribution is 0.215. The monoisotopic (exact) mass is 249 g/mol. The SMILES string of the molecule is CO/N=C\c1cc(Br)cc(F)c1F. The molecule has 0 atom stereocenters. The van der Waals surface area contributed by atoms with Crippen LogP contribution >= 0.6 is 15.9 Å². The summed E-state index contributed by atoms with van der Waals surface area (Å²) in [4.78, 5) is 4.35. The normalized spacial score (nSPS) is 10.8. The zero-order chi connectivity index (χ0) is 9.84. The number of hydrogen-bond acceptors (Lipinski definition) is 2. The predicted octanol–water partition coefficient (Wildman–Crippen LogP) is 2.71. The average molecular weight is 250 g/mol. The van der Waals surface area contributed by atoms with Crippen LogP contribution in [0.25, 0.3) is 0 Å². The van der Waals surface area contributed by atoms with Crippen LogP contribution in [-0.4, -0.2) is 13.3 Å². The Morgan fingerprint density at radius 2 is 2.15 bits per heavy atom. The van der Waals surface area contributed by atoms with Crippen molar-refractivity contribution in [2.45, 2.75) is 0 Å². The molecule has 1 rings (SSSR count). The summed E-state index contributed by atoms with van der Waals surface area (Å²) in [7, 11) is 1.32. The molecule has 0 aliphatic rings. The summed E-state index contributed by atoms with van der Waals surface area (Å²) in [5.74, 6) is -1.86. The van der Waals surface area contributed by atoms with Crippen molar-refractivity contribution in [1.82, 2.24) is 0 Å². The molecule has 0 aromatic heterocycles. The molecule has 0 saturated heterocycles. The van der Waals surface area contributed by atoms with Gasteiger partial charge in [0.15, 0.2) is 11.6 Å². The van der Waals surface area contributed by atoms with Gasteiger partial charge in [0.1, 0.15) is 7.11 Å². The van der Waals surface area contributed by atoms with Crippen LogP contribution < -0.4 is 0 Å². The van der Waals surface area contributed by atoms with Crippen LogP contribution in [0.2, 0.25) is 0 Å². The van der Waals surface area contributed by atoms with Gasteiger partial charge in [0, 0.05) is 10.0 Å². The summed E-state index contributed by atoms with van der Waals surface area (Å²) in [6, 6.07) is 2.44. The molecule has 0 radical (unpaired) electrons. The second-order valence-corrected chi connectivity index (χ2v) is 3.12. The fourth-order valence-corrected chi connectivity index (χ4v) is 1.23. The van der Waals surface area contributed by atoms with E-state index in [9.17, 15) is 8.78 Å². The molecule has 0 N–H and O–H groups in total. The second-order valence-electron chi connectivity index (χ2n) is 2.21. The van der Waals surface area contributed by atoms with Crippen molar-refractivity contribution in [3.63, 3.8) is 0 Å². The summed E-state index contributed by atoms with van der Waals surface area (Å²) in [5, 5.41) is 3.33. The van der Waals surface area contributed by atoms with Crippen molar-refractivity contribution in [3.05, 3.63) is 33.8 Å². The van der Waals surface area contributed by atoms with Gasteiger partial charge in [0.25, 0.3) is 0 Å². The van der Waals surface area contributed by atoms with E-state index in [0.717, 1.165) is 12.3 Å². The van der Waals surface area contributed by atoms with Gasteiger partial charge in [-0.15, -0.1) is 0 Å². The molecule has 0 spiro atoms. The average Bonchev–Trinajstić information content (AvgIpc) is 2.09. The molecule has 0 bridgehead atoms. The molecule has 0 aliphatic heterocycles. The minimum absolute atomic E-state index is 0.0359. The fraction of sp³-hybridized carbons (Fsp3) is 0.125. The van der Waals surface area contributed by atoms with E-state index in [0.29, 0.717) is 4.47 Å². The van der Waals surface area contributed by atoms with E-state index in [1.165, 1.54) is 13.2 Å². The lowest BCUT2D eigenvalue weighted by Crippen LogP contribution is -1.93. The second kappa shape index (κ2) is 4.32. The van der Waals surface area contributed by atoms with Crippen molar-refractivity contribution in [1.29, 1.82) is 0 Å². The van der Waals surface area contributed by atoms with Crippen LogP contribution in [0.5, 0.6) is 0 Å². The van der Waals surface area contributed by atoms with Crippen molar-refractivity contribution >= 4 is 22.1 Å². The highest BCUT2D eigenvalue weighted by Gasteiger charge is 2.07. The molecule has 5 heteroatoms. The Morgan fingerprint density at radius 1 is 1.46 bits per heavy atom. The van der Waals surface area contributed by atoms with Gasteiger partial charge in [0.05, 0.1) is 6.21 Å². The zero-order valence-electron chi connectivity index (χ0n) is 6.72. The molecule has 0 heterocycles. The molecular weight excluding hydrogens is 244 g/mol. The van der Waals surface area contributed by atoms with Crippen LogP contribution in [0, 0.1) is 11.6 Å². The Hall–Kier alpha value is -0.970. The molecule has 70 valence electrons. The quantitative estimate of drug-likeness (QED) is 0.449. The number of rotatable bonds is 2. The van der Waals surface area contributed by atoms with Crippen LogP contribution in [-0.2, 0) is 4.84 Å². The van der Waals surface area contributed by atoms with Gasteiger partial charge in [-0.2, -0.15) is 0 Å². The Morgan fingerprint density at radius 3 is 2.77 bits per heavy atom. The Bertz CT molecular complexity index is 341. The zero-order valence-corrected chi connectivity index (χ0v) is 8.31.